The second kappa shape index (κ2) is 5.07. The number of nitrogens with zero attached hydrogens (tertiary/aromatic N) is 3. The Balaban J connectivity index is 2.59. The molecule has 0 saturated heterocycles. The SMILES string of the molecule is CCC(O)Cn1cc(C(N)CC)nn1. The Bertz CT molecular complexity index is 274. The van der Waals surface area contributed by atoms with Crippen LogP contribution in [0.1, 0.15) is 38.4 Å². The summed E-state index contributed by atoms with van der Waals surface area (Å²) < 4.78 is 1.64. The van der Waals surface area contributed by atoms with Crippen LogP contribution < -0.4 is 5.73 Å². The van der Waals surface area contributed by atoms with Crippen molar-refractivity contribution in [3.05, 3.63) is 11.9 Å². The summed E-state index contributed by atoms with van der Waals surface area (Å²) in [5.41, 5.74) is 6.58. The van der Waals surface area contributed by atoms with Crippen molar-refractivity contribution < 1.29 is 5.11 Å². The fourth-order valence-electron chi connectivity index (χ4n) is 1.13. The van der Waals surface area contributed by atoms with Gasteiger partial charge < -0.3 is 10.8 Å². The van der Waals surface area contributed by atoms with Crippen LogP contribution in [0.5, 0.6) is 0 Å². The molecule has 5 nitrogen and oxygen atoms in total. The molecule has 0 bridgehead atoms. The summed E-state index contributed by atoms with van der Waals surface area (Å²) in [5, 5.41) is 17.2. The molecule has 80 valence electrons. The monoisotopic (exact) mass is 198 g/mol. The lowest BCUT2D eigenvalue weighted by Crippen LogP contribution is -2.15. The maximum atomic E-state index is 9.40. The van der Waals surface area contributed by atoms with E-state index in [9.17, 15) is 5.11 Å². The van der Waals surface area contributed by atoms with Crippen molar-refractivity contribution in [2.24, 2.45) is 5.73 Å². The second-order valence-electron chi connectivity index (χ2n) is 3.44. The molecule has 2 atom stereocenters. The van der Waals surface area contributed by atoms with Gasteiger partial charge in [0.25, 0.3) is 0 Å². The normalized spacial score (nSPS) is 15.4. The van der Waals surface area contributed by atoms with Gasteiger partial charge in [-0.2, -0.15) is 0 Å². The van der Waals surface area contributed by atoms with E-state index in [0.717, 1.165) is 18.5 Å². The number of nitrogens with two attached hydrogens (primary N) is 1. The molecule has 14 heavy (non-hydrogen) atoms. The Hall–Kier alpha value is -0.940. The zero-order valence-corrected chi connectivity index (χ0v) is 8.72. The van der Waals surface area contributed by atoms with Crippen LogP contribution in [-0.2, 0) is 6.54 Å². The summed E-state index contributed by atoms with van der Waals surface area (Å²) in [6, 6.07) is -0.0532. The first kappa shape index (κ1) is 11.1. The van der Waals surface area contributed by atoms with E-state index in [0.29, 0.717) is 6.54 Å². The Morgan fingerprint density at radius 2 is 2.21 bits per heavy atom. The summed E-state index contributed by atoms with van der Waals surface area (Å²) in [4.78, 5) is 0. The summed E-state index contributed by atoms with van der Waals surface area (Å²) in [6.07, 6.45) is 3.00. The molecule has 1 aromatic heterocycles. The van der Waals surface area contributed by atoms with Gasteiger partial charge in [0.15, 0.2) is 0 Å². The zero-order chi connectivity index (χ0) is 10.6. The van der Waals surface area contributed by atoms with Gasteiger partial charge in [0.05, 0.1) is 30.6 Å². The Kier molecular flexibility index (Phi) is 4.03. The van der Waals surface area contributed by atoms with Crippen molar-refractivity contribution in [2.75, 3.05) is 0 Å². The molecule has 0 fully saturated rings. The van der Waals surface area contributed by atoms with Gasteiger partial charge in [-0.25, -0.2) is 4.68 Å². The van der Waals surface area contributed by atoms with E-state index in [1.165, 1.54) is 0 Å². The third-order valence-corrected chi connectivity index (χ3v) is 2.25. The van der Waals surface area contributed by atoms with E-state index in [-0.39, 0.29) is 12.1 Å². The number of aromatic nitrogens is 3. The van der Waals surface area contributed by atoms with E-state index in [2.05, 4.69) is 10.3 Å². The molecule has 1 rings (SSSR count). The molecule has 0 saturated carbocycles. The first-order chi connectivity index (χ1) is 6.67. The quantitative estimate of drug-likeness (QED) is 0.720. The number of aliphatic hydroxyl groups is 1. The van der Waals surface area contributed by atoms with Gasteiger partial charge in [-0.15, -0.1) is 5.10 Å². The van der Waals surface area contributed by atoms with Crippen molar-refractivity contribution in [1.29, 1.82) is 0 Å². The van der Waals surface area contributed by atoms with Gasteiger partial charge in [-0.05, 0) is 12.8 Å². The predicted octanol–water partition coefficient (Wildman–Crippen LogP) is 0.459. The third kappa shape index (κ3) is 2.78. The lowest BCUT2D eigenvalue weighted by atomic mass is 10.2. The second-order valence-corrected chi connectivity index (χ2v) is 3.44. The lowest BCUT2D eigenvalue weighted by molar-refractivity contribution is 0.144. The van der Waals surface area contributed by atoms with Crippen molar-refractivity contribution in [3.8, 4) is 0 Å². The summed E-state index contributed by atoms with van der Waals surface area (Å²) in [7, 11) is 0. The molecule has 0 spiro atoms. The lowest BCUT2D eigenvalue weighted by Gasteiger charge is -2.06. The molecular formula is C9H18N4O. The molecular weight excluding hydrogens is 180 g/mol. The van der Waals surface area contributed by atoms with E-state index in [1.54, 1.807) is 10.9 Å². The highest BCUT2D eigenvalue weighted by Crippen LogP contribution is 2.09. The third-order valence-electron chi connectivity index (χ3n) is 2.25. The average Bonchev–Trinajstić information content (AvgIpc) is 2.65. The minimum absolute atomic E-state index is 0.0532. The summed E-state index contributed by atoms with van der Waals surface area (Å²) in [6.45, 7) is 4.42. The van der Waals surface area contributed by atoms with E-state index >= 15 is 0 Å². The topological polar surface area (TPSA) is 77.0 Å². The molecule has 0 amide bonds. The largest absolute Gasteiger partial charge is 0.391 e. The molecule has 3 N–H and O–H groups in total. The van der Waals surface area contributed by atoms with Crippen LogP contribution in [0, 0.1) is 0 Å². The highest BCUT2D eigenvalue weighted by molar-refractivity contribution is 4.98. The Morgan fingerprint density at radius 1 is 1.50 bits per heavy atom. The van der Waals surface area contributed by atoms with Crippen molar-refractivity contribution >= 4 is 0 Å². The number of hydrogen-bond acceptors (Lipinski definition) is 4. The molecule has 0 aliphatic carbocycles. The zero-order valence-electron chi connectivity index (χ0n) is 8.72. The fraction of sp³-hybridized carbons (Fsp3) is 0.778. The molecule has 1 aromatic rings. The van der Waals surface area contributed by atoms with E-state index in [1.807, 2.05) is 13.8 Å². The van der Waals surface area contributed by atoms with Gasteiger partial charge >= 0.3 is 0 Å². The van der Waals surface area contributed by atoms with Gasteiger partial charge in [-0.1, -0.05) is 19.1 Å². The molecule has 0 radical (unpaired) electrons. The molecule has 0 aliphatic heterocycles. The number of rotatable bonds is 5. The first-order valence-corrected chi connectivity index (χ1v) is 5.01. The molecule has 1 heterocycles. The minimum atomic E-state index is -0.359. The maximum Gasteiger partial charge on any atom is 0.0994 e. The van der Waals surface area contributed by atoms with E-state index < -0.39 is 0 Å². The number of hydrogen-bond donors (Lipinski definition) is 2. The molecule has 5 heteroatoms. The van der Waals surface area contributed by atoms with Crippen molar-refractivity contribution in [3.63, 3.8) is 0 Å². The predicted molar refractivity (Wildman–Crippen MR) is 53.5 cm³/mol. The summed E-state index contributed by atoms with van der Waals surface area (Å²) in [5.74, 6) is 0. The molecule has 0 aliphatic rings. The maximum absolute atomic E-state index is 9.40. The fourth-order valence-corrected chi connectivity index (χ4v) is 1.13. The smallest absolute Gasteiger partial charge is 0.0994 e. The van der Waals surface area contributed by atoms with Gasteiger partial charge in [0.2, 0.25) is 0 Å². The molecule has 0 aromatic carbocycles. The van der Waals surface area contributed by atoms with Crippen LogP contribution in [0.25, 0.3) is 0 Å². The van der Waals surface area contributed by atoms with Crippen LogP contribution in [0.15, 0.2) is 6.20 Å². The van der Waals surface area contributed by atoms with Crippen LogP contribution in [0.3, 0.4) is 0 Å². The van der Waals surface area contributed by atoms with Crippen LogP contribution in [-0.4, -0.2) is 26.2 Å². The van der Waals surface area contributed by atoms with Crippen molar-refractivity contribution in [2.45, 2.75) is 45.4 Å². The van der Waals surface area contributed by atoms with Gasteiger partial charge in [0, 0.05) is 0 Å². The highest BCUT2D eigenvalue weighted by atomic mass is 16.3. The van der Waals surface area contributed by atoms with Crippen LogP contribution in [0.2, 0.25) is 0 Å². The average molecular weight is 198 g/mol. The highest BCUT2D eigenvalue weighted by Gasteiger charge is 2.09. The first-order valence-electron chi connectivity index (χ1n) is 5.01. The number of aliphatic hydroxyl groups excluding tert-OH is 1. The molecule has 2 unspecified atom stereocenters. The Labute approximate surface area is 83.9 Å². The van der Waals surface area contributed by atoms with Crippen LogP contribution >= 0.6 is 0 Å². The van der Waals surface area contributed by atoms with E-state index in [4.69, 9.17) is 5.73 Å². The Morgan fingerprint density at radius 3 is 2.79 bits per heavy atom. The van der Waals surface area contributed by atoms with Gasteiger partial charge in [-0.3, -0.25) is 0 Å². The van der Waals surface area contributed by atoms with Crippen molar-refractivity contribution in [1.82, 2.24) is 15.0 Å². The minimum Gasteiger partial charge on any atom is -0.391 e. The standard InChI is InChI=1S/C9H18N4O/c1-3-7(14)5-13-6-9(11-12-13)8(10)4-2/h6-8,14H,3-5,10H2,1-2H3. The van der Waals surface area contributed by atoms with Crippen LogP contribution in [0.4, 0.5) is 0 Å². The summed E-state index contributed by atoms with van der Waals surface area (Å²) >= 11 is 0. The van der Waals surface area contributed by atoms with Gasteiger partial charge in [0.1, 0.15) is 0 Å².